The summed E-state index contributed by atoms with van der Waals surface area (Å²) in [6.45, 7) is 4.00. The predicted molar refractivity (Wildman–Crippen MR) is 64.9 cm³/mol. The minimum atomic E-state index is -1.14. The Morgan fingerprint density at radius 3 is 2.67 bits per heavy atom. The maximum Gasteiger partial charge on any atom is 0.371 e. The quantitative estimate of drug-likeness (QED) is 0.701. The summed E-state index contributed by atoms with van der Waals surface area (Å²) in [7, 11) is 0. The van der Waals surface area contributed by atoms with Crippen LogP contribution >= 0.6 is 0 Å². The molecule has 0 aliphatic rings. The maximum absolute atomic E-state index is 11.7. The van der Waals surface area contributed by atoms with Gasteiger partial charge in [0.2, 0.25) is 11.7 Å². The molecule has 1 heterocycles. The first-order valence-electron chi connectivity index (χ1n) is 5.81. The Balaban J connectivity index is 2.49. The number of hydrogen-bond acceptors (Lipinski definition) is 4. The Bertz CT molecular complexity index is 427. The zero-order chi connectivity index (χ0) is 13.7. The fourth-order valence-electron chi connectivity index (χ4n) is 1.39. The van der Waals surface area contributed by atoms with E-state index in [9.17, 15) is 9.59 Å². The highest BCUT2D eigenvalue weighted by Crippen LogP contribution is 2.08. The Kier molecular flexibility index (Phi) is 4.91. The van der Waals surface area contributed by atoms with E-state index in [1.807, 2.05) is 13.8 Å². The lowest BCUT2D eigenvalue weighted by molar-refractivity contribution is -0.123. The van der Waals surface area contributed by atoms with Crippen LogP contribution in [0.1, 0.15) is 36.6 Å². The molecule has 2 atom stereocenters. The standard InChI is InChI=1S/C12H18N2O4/c1-3-7(2)10(13)11(15)14-6-8-4-5-9(18-8)12(16)17/h4-5,7,10H,3,6,13H2,1-2H3,(H,14,15)(H,16,17). The van der Waals surface area contributed by atoms with Gasteiger partial charge in [0, 0.05) is 0 Å². The van der Waals surface area contributed by atoms with Crippen LogP contribution in [-0.4, -0.2) is 23.0 Å². The van der Waals surface area contributed by atoms with Crippen molar-refractivity contribution < 1.29 is 19.1 Å². The first kappa shape index (κ1) is 14.2. The van der Waals surface area contributed by atoms with Gasteiger partial charge in [-0.3, -0.25) is 4.79 Å². The number of nitrogens with one attached hydrogen (secondary N) is 1. The number of furan rings is 1. The van der Waals surface area contributed by atoms with Gasteiger partial charge in [0.1, 0.15) is 5.76 Å². The van der Waals surface area contributed by atoms with Gasteiger partial charge >= 0.3 is 5.97 Å². The zero-order valence-electron chi connectivity index (χ0n) is 10.5. The summed E-state index contributed by atoms with van der Waals surface area (Å²) < 4.78 is 5.01. The largest absolute Gasteiger partial charge is 0.475 e. The molecule has 0 aromatic carbocycles. The van der Waals surface area contributed by atoms with Gasteiger partial charge in [-0.1, -0.05) is 20.3 Å². The minimum Gasteiger partial charge on any atom is -0.475 e. The fraction of sp³-hybridized carbons (Fsp3) is 0.500. The van der Waals surface area contributed by atoms with Gasteiger partial charge in [-0.2, -0.15) is 0 Å². The molecule has 1 rings (SSSR count). The average Bonchev–Trinajstić information content (AvgIpc) is 2.82. The number of carboxylic acids is 1. The van der Waals surface area contributed by atoms with Gasteiger partial charge in [0.15, 0.2) is 0 Å². The number of carbonyl (C=O) groups is 2. The Morgan fingerprint density at radius 2 is 2.17 bits per heavy atom. The monoisotopic (exact) mass is 254 g/mol. The van der Waals surface area contributed by atoms with E-state index >= 15 is 0 Å². The Labute approximate surface area is 105 Å². The topological polar surface area (TPSA) is 106 Å². The third-order valence-corrected chi connectivity index (χ3v) is 2.87. The van der Waals surface area contributed by atoms with Crippen LogP contribution in [-0.2, 0) is 11.3 Å². The highest BCUT2D eigenvalue weighted by Gasteiger charge is 2.19. The number of rotatable bonds is 6. The SMILES string of the molecule is CCC(C)C(N)C(=O)NCc1ccc(C(=O)O)o1. The van der Waals surface area contributed by atoms with E-state index in [-0.39, 0.29) is 24.1 Å². The van der Waals surface area contributed by atoms with Crippen LogP contribution in [0.2, 0.25) is 0 Å². The van der Waals surface area contributed by atoms with E-state index in [1.54, 1.807) is 0 Å². The molecular weight excluding hydrogens is 236 g/mol. The van der Waals surface area contributed by atoms with Gasteiger partial charge in [0.25, 0.3) is 0 Å². The van der Waals surface area contributed by atoms with E-state index in [4.69, 9.17) is 15.3 Å². The van der Waals surface area contributed by atoms with Crippen molar-refractivity contribution in [1.29, 1.82) is 0 Å². The molecule has 1 aromatic heterocycles. The van der Waals surface area contributed by atoms with Crippen molar-refractivity contribution in [1.82, 2.24) is 5.32 Å². The first-order chi connectivity index (χ1) is 8.45. The molecule has 0 bridgehead atoms. The summed E-state index contributed by atoms with van der Waals surface area (Å²) in [6, 6.07) is 2.29. The van der Waals surface area contributed by atoms with Gasteiger partial charge < -0.3 is 20.6 Å². The average molecular weight is 254 g/mol. The van der Waals surface area contributed by atoms with Crippen LogP contribution in [0, 0.1) is 5.92 Å². The van der Waals surface area contributed by atoms with Gasteiger partial charge in [-0.05, 0) is 18.1 Å². The molecule has 100 valence electrons. The lowest BCUT2D eigenvalue weighted by atomic mass is 9.99. The molecule has 4 N–H and O–H groups in total. The summed E-state index contributed by atoms with van der Waals surface area (Å²) >= 11 is 0. The molecule has 18 heavy (non-hydrogen) atoms. The molecule has 0 aliphatic heterocycles. The van der Waals surface area contributed by atoms with Crippen LogP contribution in [0.25, 0.3) is 0 Å². The van der Waals surface area contributed by atoms with Crippen molar-refractivity contribution in [2.75, 3.05) is 0 Å². The van der Waals surface area contributed by atoms with E-state index in [0.717, 1.165) is 6.42 Å². The summed E-state index contributed by atoms with van der Waals surface area (Å²) in [5, 5.41) is 11.3. The number of amides is 1. The summed E-state index contributed by atoms with van der Waals surface area (Å²) in [6.07, 6.45) is 0.818. The Hall–Kier alpha value is -1.82. The van der Waals surface area contributed by atoms with Crippen LogP contribution in [0.3, 0.4) is 0 Å². The highest BCUT2D eigenvalue weighted by molar-refractivity contribution is 5.84. The number of nitrogens with two attached hydrogens (primary N) is 1. The molecule has 6 heteroatoms. The van der Waals surface area contributed by atoms with Gasteiger partial charge in [-0.25, -0.2) is 4.79 Å². The second kappa shape index (κ2) is 6.20. The third-order valence-electron chi connectivity index (χ3n) is 2.87. The van der Waals surface area contributed by atoms with Crippen LogP contribution in [0.5, 0.6) is 0 Å². The molecule has 1 amide bonds. The number of carboxylic acid groups (broad SMARTS) is 1. The van der Waals surface area contributed by atoms with Crippen molar-refractivity contribution in [2.45, 2.75) is 32.9 Å². The lowest BCUT2D eigenvalue weighted by Crippen LogP contribution is -2.44. The summed E-state index contributed by atoms with van der Waals surface area (Å²) in [5.74, 6) is -1.07. The Morgan fingerprint density at radius 1 is 1.50 bits per heavy atom. The molecule has 0 radical (unpaired) electrons. The molecule has 0 fully saturated rings. The molecule has 1 aromatic rings. The molecule has 6 nitrogen and oxygen atoms in total. The zero-order valence-corrected chi connectivity index (χ0v) is 10.5. The van der Waals surface area contributed by atoms with Crippen molar-refractivity contribution >= 4 is 11.9 Å². The summed E-state index contributed by atoms with van der Waals surface area (Å²) in [5.41, 5.74) is 5.75. The number of hydrogen-bond donors (Lipinski definition) is 3. The highest BCUT2D eigenvalue weighted by atomic mass is 16.4. The minimum absolute atomic E-state index is 0.0937. The molecule has 0 saturated carbocycles. The smallest absolute Gasteiger partial charge is 0.371 e. The summed E-state index contributed by atoms with van der Waals surface area (Å²) in [4.78, 5) is 22.3. The molecule has 2 unspecified atom stereocenters. The maximum atomic E-state index is 11.7. The first-order valence-corrected chi connectivity index (χ1v) is 5.81. The van der Waals surface area contributed by atoms with Crippen molar-refractivity contribution in [3.8, 4) is 0 Å². The van der Waals surface area contributed by atoms with Gasteiger partial charge in [0.05, 0.1) is 12.6 Å². The molecular formula is C12H18N2O4. The predicted octanol–water partition coefficient (Wildman–Crippen LogP) is 0.967. The lowest BCUT2D eigenvalue weighted by Gasteiger charge is -2.17. The molecule has 0 spiro atoms. The third kappa shape index (κ3) is 3.59. The van der Waals surface area contributed by atoms with Crippen LogP contribution in [0.15, 0.2) is 16.5 Å². The fourth-order valence-corrected chi connectivity index (χ4v) is 1.39. The van der Waals surface area contributed by atoms with E-state index < -0.39 is 12.0 Å². The second-order valence-electron chi connectivity index (χ2n) is 4.20. The normalized spacial score (nSPS) is 13.9. The molecule has 0 aliphatic carbocycles. The number of aromatic carboxylic acids is 1. The molecule has 0 saturated heterocycles. The van der Waals surface area contributed by atoms with Crippen LogP contribution < -0.4 is 11.1 Å². The van der Waals surface area contributed by atoms with E-state index in [1.165, 1.54) is 12.1 Å². The van der Waals surface area contributed by atoms with Crippen LogP contribution in [0.4, 0.5) is 0 Å². The van der Waals surface area contributed by atoms with E-state index in [0.29, 0.717) is 5.76 Å². The van der Waals surface area contributed by atoms with E-state index in [2.05, 4.69) is 5.32 Å². The number of carbonyl (C=O) groups excluding carboxylic acids is 1. The van der Waals surface area contributed by atoms with Crippen molar-refractivity contribution in [3.63, 3.8) is 0 Å². The van der Waals surface area contributed by atoms with Crippen molar-refractivity contribution in [3.05, 3.63) is 23.7 Å². The van der Waals surface area contributed by atoms with Crippen molar-refractivity contribution in [2.24, 2.45) is 11.7 Å². The van der Waals surface area contributed by atoms with Gasteiger partial charge in [-0.15, -0.1) is 0 Å². The second-order valence-corrected chi connectivity index (χ2v) is 4.20.